The molecule has 2 heterocycles. The number of rotatable bonds is 5. The standard InChI is InChI=1S/C12H15BrN4O3/c13-10-7-9(17(19)20)8-15-12(10)14-4-3-11(18)16-5-1-2-6-16/h7-8H,1-6H2,(H,14,15). The van der Waals surface area contributed by atoms with Gasteiger partial charge in [-0.15, -0.1) is 0 Å². The molecule has 1 fully saturated rings. The first-order valence-corrected chi connectivity index (χ1v) is 7.19. The molecule has 8 heteroatoms. The van der Waals surface area contributed by atoms with Crippen LogP contribution < -0.4 is 5.32 Å². The smallest absolute Gasteiger partial charge is 0.288 e. The van der Waals surface area contributed by atoms with Crippen molar-refractivity contribution in [2.75, 3.05) is 25.0 Å². The highest BCUT2D eigenvalue weighted by Gasteiger charge is 2.17. The first-order valence-electron chi connectivity index (χ1n) is 6.39. The van der Waals surface area contributed by atoms with Crippen molar-refractivity contribution < 1.29 is 9.72 Å². The van der Waals surface area contributed by atoms with E-state index < -0.39 is 4.92 Å². The molecule has 1 aliphatic heterocycles. The van der Waals surface area contributed by atoms with Gasteiger partial charge >= 0.3 is 0 Å². The van der Waals surface area contributed by atoms with Crippen LogP contribution in [-0.4, -0.2) is 40.3 Å². The molecule has 0 spiro atoms. The van der Waals surface area contributed by atoms with Crippen molar-refractivity contribution >= 4 is 33.3 Å². The van der Waals surface area contributed by atoms with Crippen LogP contribution in [-0.2, 0) is 4.79 Å². The Morgan fingerprint density at radius 3 is 2.80 bits per heavy atom. The van der Waals surface area contributed by atoms with Gasteiger partial charge in [0.2, 0.25) is 5.91 Å². The molecule has 1 N–H and O–H groups in total. The number of anilines is 1. The highest BCUT2D eigenvalue weighted by Crippen LogP contribution is 2.24. The van der Waals surface area contributed by atoms with Crippen LogP contribution in [0.3, 0.4) is 0 Å². The number of aromatic nitrogens is 1. The molecule has 108 valence electrons. The van der Waals surface area contributed by atoms with E-state index in [1.165, 1.54) is 12.3 Å². The monoisotopic (exact) mass is 342 g/mol. The van der Waals surface area contributed by atoms with Crippen molar-refractivity contribution in [3.05, 3.63) is 26.9 Å². The molecule has 1 aliphatic rings. The van der Waals surface area contributed by atoms with Crippen molar-refractivity contribution in [2.24, 2.45) is 0 Å². The van der Waals surface area contributed by atoms with E-state index in [2.05, 4.69) is 26.2 Å². The number of likely N-dealkylation sites (tertiary alicyclic amines) is 1. The molecule has 0 unspecified atom stereocenters. The molecule has 0 atom stereocenters. The van der Waals surface area contributed by atoms with Crippen molar-refractivity contribution in [1.82, 2.24) is 9.88 Å². The Morgan fingerprint density at radius 2 is 2.20 bits per heavy atom. The fraction of sp³-hybridized carbons (Fsp3) is 0.500. The van der Waals surface area contributed by atoms with Gasteiger partial charge in [0.25, 0.3) is 5.69 Å². The van der Waals surface area contributed by atoms with Crippen molar-refractivity contribution in [3.8, 4) is 0 Å². The molecule has 1 aromatic heterocycles. The lowest BCUT2D eigenvalue weighted by Crippen LogP contribution is -2.29. The lowest BCUT2D eigenvalue weighted by molar-refractivity contribution is -0.385. The number of carbonyl (C=O) groups excluding carboxylic acids is 1. The number of halogens is 1. The number of amides is 1. The number of hydrogen-bond donors (Lipinski definition) is 1. The lowest BCUT2D eigenvalue weighted by Gasteiger charge is -2.15. The SMILES string of the molecule is O=C(CCNc1ncc([N+](=O)[O-])cc1Br)N1CCCC1. The average Bonchev–Trinajstić information content (AvgIpc) is 2.94. The van der Waals surface area contributed by atoms with Crippen molar-refractivity contribution in [3.63, 3.8) is 0 Å². The molecule has 1 saturated heterocycles. The van der Waals surface area contributed by atoms with Crippen LogP contribution in [0.4, 0.5) is 11.5 Å². The van der Waals surface area contributed by atoms with Crippen LogP contribution in [0.2, 0.25) is 0 Å². The van der Waals surface area contributed by atoms with Gasteiger partial charge < -0.3 is 10.2 Å². The van der Waals surface area contributed by atoms with Gasteiger partial charge in [0, 0.05) is 32.1 Å². The van der Waals surface area contributed by atoms with Gasteiger partial charge in [-0.1, -0.05) is 0 Å². The summed E-state index contributed by atoms with van der Waals surface area (Å²) in [6, 6.07) is 1.39. The Balaban J connectivity index is 1.84. The molecule has 1 aromatic rings. The third kappa shape index (κ3) is 3.66. The minimum atomic E-state index is -0.502. The van der Waals surface area contributed by atoms with Crippen LogP contribution in [0.15, 0.2) is 16.7 Å². The number of carbonyl (C=O) groups is 1. The average molecular weight is 343 g/mol. The summed E-state index contributed by atoms with van der Waals surface area (Å²) in [7, 11) is 0. The summed E-state index contributed by atoms with van der Waals surface area (Å²) in [5.41, 5.74) is -0.0735. The normalized spacial score (nSPS) is 14.3. The van der Waals surface area contributed by atoms with Crippen molar-refractivity contribution in [1.29, 1.82) is 0 Å². The van der Waals surface area contributed by atoms with E-state index in [1.54, 1.807) is 0 Å². The van der Waals surface area contributed by atoms with Crippen LogP contribution in [0.5, 0.6) is 0 Å². The summed E-state index contributed by atoms with van der Waals surface area (Å²) in [6.07, 6.45) is 3.74. The molecule has 20 heavy (non-hydrogen) atoms. The number of nitrogens with zero attached hydrogens (tertiary/aromatic N) is 3. The predicted octanol–water partition coefficient (Wildman–Crippen LogP) is 2.18. The molecule has 0 bridgehead atoms. The topological polar surface area (TPSA) is 88.4 Å². The summed E-state index contributed by atoms with van der Waals surface area (Å²) in [6.45, 7) is 2.15. The summed E-state index contributed by atoms with van der Waals surface area (Å²) < 4.78 is 0.514. The second-order valence-electron chi connectivity index (χ2n) is 4.55. The van der Waals surface area contributed by atoms with Gasteiger partial charge in [-0.2, -0.15) is 0 Å². The van der Waals surface area contributed by atoms with Gasteiger partial charge in [0.15, 0.2) is 0 Å². The molecular weight excluding hydrogens is 328 g/mol. The van der Waals surface area contributed by atoms with Crippen LogP contribution in [0, 0.1) is 10.1 Å². The van der Waals surface area contributed by atoms with E-state index >= 15 is 0 Å². The largest absolute Gasteiger partial charge is 0.369 e. The van der Waals surface area contributed by atoms with Gasteiger partial charge in [-0.25, -0.2) is 4.98 Å². The lowest BCUT2D eigenvalue weighted by atomic mass is 10.3. The van der Waals surface area contributed by atoms with Crippen LogP contribution in [0.1, 0.15) is 19.3 Å². The van der Waals surface area contributed by atoms with E-state index in [0.29, 0.717) is 23.3 Å². The summed E-state index contributed by atoms with van der Waals surface area (Å²) in [4.78, 5) is 27.7. The van der Waals surface area contributed by atoms with Gasteiger partial charge in [0.1, 0.15) is 12.0 Å². The molecule has 0 aliphatic carbocycles. The molecule has 2 rings (SSSR count). The Hall–Kier alpha value is -1.70. The van der Waals surface area contributed by atoms with Gasteiger partial charge in [-0.3, -0.25) is 14.9 Å². The summed E-state index contributed by atoms with van der Waals surface area (Å²) in [5.74, 6) is 0.637. The third-order valence-corrected chi connectivity index (χ3v) is 3.73. The molecule has 1 amide bonds. The zero-order valence-corrected chi connectivity index (χ0v) is 12.4. The van der Waals surface area contributed by atoms with E-state index in [0.717, 1.165) is 25.9 Å². The minimum Gasteiger partial charge on any atom is -0.369 e. The zero-order valence-electron chi connectivity index (χ0n) is 10.8. The molecule has 0 aromatic carbocycles. The first kappa shape index (κ1) is 14.7. The Bertz CT molecular complexity index is 517. The summed E-state index contributed by atoms with van der Waals surface area (Å²) in [5, 5.41) is 13.6. The van der Waals surface area contributed by atoms with E-state index in [9.17, 15) is 14.9 Å². The second kappa shape index (κ2) is 6.65. The van der Waals surface area contributed by atoms with E-state index in [1.807, 2.05) is 4.90 Å². The highest BCUT2D eigenvalue weighted by molar-refractivity contribution is 9.10. The first-order chi connectivity index (χ1) is 9.58. The highest BCUT2D eigenvalue weighted by atomic mass is 79.9. The number of nitro groups is 1. The predicted molar refractivity (Wildman–Crippen MR) is 77.5 cm³/mol. The molecule has 0 saturated carbocycles. The van der Waals surface area contributed by atoms with Crippen LogP contribution >= 0.6 is 15.9 Å². The number of hydrogen-bond acceptors (Lipinski definition) is 5. The minimum absolute atomic E-state index is 0.0735. The maximum absolute atomic E-state index is 11.8. The zero-order chi connectivity index (χ0) is 14.5. The second-order valence-corrected chi connectivity index (χ2v) is 5.40. The van der Waals surface area contributed by atoms with Gasteiger partial charge in [0.05, 0.1) is 9.40 Å². The van der Waals surface area contributed by atoms with Gasteiger partial charge in [-0.05, 0) is 28.8 Å². The maximum Gasteiger partial charge on any atom is 0.288 e. The Labute approximate surface area is 124 Å². The fourth-order valence-electron chi connectivity index (χ4n) is 2.07. The fourth-order valence-corrected chi connectivity index (χ4v) is 2.55. The van der Waals surface area contributed by atoms with E-state index in [4.69, 9.17) is 0 Å². The number of pyridine rings is 1. The van der Waals surface area contributed by atoms with E-state index in [-0.39, 0.29) is 11.6 Å². The maximum atomic E-state index is 11.8. The number of nitrogens with one attached hydrogen (secondary N) is 1. The molecular formula is C12H15BrN4O3. The molecule has 7 nitrogen and oxygen atoms in total. The van der Waals surface area contributed by atoms with Crippen LogP contribution in [0.25, 0.3) is 0 Å². The Kier molecular flexibility index (Phi) is 4.89. The Morgan fingerprint density at radius 1 is 1.50 bits per heavy atom. The van der Waals surface area contributed by atoms with Crippen molar-refractivity contribution in [2.45, 2.75) is 19.3 Å². The quantitative estimate of drug-likeness (QED) is 0.654. The summed E-state index contributed by atoms with van der Waals surface area (Å²) >= 11 is 3.22. The molecule has 0 radical (unpaired) electrons. The third-order valence-electron chi connectivity index (χ3n) is 3.13.